The van der Waals surface area contributed by atoms with Gasteiger partial charge in [-0.1, -0.05) is 58.5 Å². The van der Waals surface area contributed by atoms with E-state index in [0.717, 1.165) is 62.4 Å². The summed E-state index contributed by atoms with van der Waals surface area (Å²) in [6.45, 7) is 24.0. The minimum absolute atomic E-state index is 0.0993. The van der Waals surface area contributed by atoms with Crippen molar-refractivity contribution < 1.29 is 120 Å². The van der Waals surface area contributed by atoms with E-state index in [1.807, 2.05) is 14.7 Å². The number of cyclic esters (lactones) is 3. The lowest BCUT2D eigenvalue weighted by Gasteiger charge is -2.44. The number of urea groups is 2. The van der Waals surface area contributed by atoms with Crippen LogP contribution in [0.15, 0.2) is 73.3 Å². The molecule has 0 spiro atoms. The third-order valence-corrected chi connectivity index (χ3v) is 30.7. The van der Waals surface area contributed by atoms with Crippen LogP contribution in [0.5, 0.6) is 0 Å². The van der Waals surface area contributed by atoms with Crippen molar-refractivity contribution in [1.82, 2.24) is 71.7 Å². The fraction of sp³-hybridized carbons (Fsp3) is 0.670. The smallest absolute Gasteiger partial charge is 0.414 e. The minimum atomic E-state index is -1.45. The number of imidazole rings is 1. The number of carbonyl (C=O) groups excluding carboxylic acids is 11. The Bertz CT molecular complexity index is 5000. The van der Waals surface area contributed by atoms with Crippen LogP contribution < -0.4 is 77.7 Å². The molecule has 0 aliphatic carbocycles. The molecule has 149 heavy (non-hydrogen) atoms. The highest BCUT2D eigenvalue weighted by Crippen LogP contribution is 2.38. The fourth-order valence-corrected chi connectivity index (χ4v) is 21.2. The van der Waals surface area contributed by atoms with E-state index in [-0.39, 0.29) is 105 Å². The molecule has 12 unspecified atom stereocenters. The highest BCUT2D eigenvalue weighted by Gasteiger charge is 2.51. The predicted octanol–water partition coefficient (Wildman–Crippen LogP) is 4.95. The summed E-state index contributed by atoms with van der Waals surface area (Å²) >= 11 is 21.8. The van der Waals surface area contributed by atoms with Gasteiger partial charge in [-0.05, 0) is 145 Å². The van der Waals surface area contributed by atoms with E-state index in [9.17, 15) is 92.2 Å². The van der Waals surface area contributed by atoms with Gasteiger partial charge in [-0.2, -0.15) is 0 Å². The van der Waals surface area contributed by atoms with Gasteiger partial charge in [0.05, 0.1) is 108 Å². The summed E-state index contributed by atoms with van der Waals surface area (Å²) in [6.07, 6.45) is 0.866. The second-order valence-corrected chi connectivity index (χ2v) is 42.9. The van der Waals surface area contributed by atoms with Crippen LogP contribution in [0.3, 0.4) is 0 Å². The maximum Gasteiger partial charge on any atom is 0.414 e. The molecule has 0 bridgehead atoms. The second kappa shape index (κ2) is 60.0. The van der Waals surface area contributed by atoms with Crippen LogP contribution in [-0.4, -0.2) is 420 Å². The number of aliphatic hydroxyl groups is 6. The molecule has 0 radical (unpaired) electrons. The Labute approximate surface area is 901 Å². The molecule has 11 heterocycles. The van der Waals surface area contributed by atoms with Gasteiger partial charge in [0.1, 0.15) is 102 Å². The first-order chi connectivity index (χ1) is 71.2. The average molecular weight is 2310 g/mol. The Hall–Kier alpha value is -8.97. The molecule has 10 aliphatic heterocycles. The fourth-order valence-electron chi connectivity index (χ4n) is 18.8. The zero-order chi connectivity index (χ0) is 109. The number of nitrogens with two attached hydrogens (primary N) is 1. The molecule has 10 aliphatic rings. The highest BCUT2D eigenvalue weighted by molar-refractivity contribution is 9.09. The first-order valence-electron chi connectivity index (χ1n) is 50.5. The van der Waals surface area contributed by atoms with Gasteiger partial charge in [-0.25, -0.2) is 46.9 Å². The molecule has 13 amide bonds. The number of aromatic nitrogens is 2. The summed E-state index contributed by atoms with van der Waals surface area (Å²) in [7, 11) is 0. The number of hydrogen-bond donors (Lipinski definition) is 15. The van der Waals surface area contributed by atoms with E-state index in [1.54, 1.807) is 89.9 Å². The number of benzene rings is 3. The van der Waals surface area contributed by atoms with Crippen LogP contribution in [0.1, 0.15) is 93.4 Å². The van der Waals surface area contributed by atoms with Crippen molar-refractivity contribution in [3.8, 4) is 0 Å². The summed E-state index contributed by atoms with van der Waals surface area (Å²) in [5.74, 6) is -2.13. The van der Waals surface area contributed by atoms with E-state index in [4.69, 9.17) is 52.6 Å². The highest BCUT2D eigenvalue weighted by atomic mass is 79.9. The Balaban J connectivity index is 0.000000210. The molecule has 832 valence electrons. The van der Waals surface area contributed by atoms with E-state index in [1.165, 1.54) is 88.1 Å². The number of aliphatic hydroxyl groups excluding tert-OH is 6. The number of thioether (sulfide) groups is 2. The van der Waals surface area contributed by atoms with Crippen molar-refractivity contribution >= 4 is 179 Å². The van der Waals surface area contributed by atoms with Crippen molar-refractivity contribution in [3.63, 3.8) is 0 Å². The standard InChI is InChI=1S/C37H57ClFN7O9S.C20H27BrFN5O4.C20H23FN6O4.C17H31ClN2O5S.C3H8BrN/c1-5-23-15-24(34(51)42-29(21(2)38)33-31(49)30(48)32(50)35(55-33)56-4)19-43(18-23)10-6-9-40-36(52)45-13-11-44(12-14-45)28-8-7-25(16-27(28)39)46-20-26(54-37(46)53)17-41-22(3)47;1-14(28)24-12-16-13-27(20(30)31-16)15-3-4-18(17(22)11-15)25-7-9-26(10-8-25)19(29)23-6-2-5-21;1-14(28)23-11-16-12-27(20(30)31-16)15-2-3-18(17(21)10-15)24-6-8-25(9-7-24)19(29)26-5-4-22-13-26;1-4-9-5-10(7-19-6-9)16(24)20-11(8(2)18)15-13(22)12(21)14(23)17(25-15)26-3;4-2-1-3-5/h7-8,16,21,23-24,26,29-33,35,48-50H,5-6,9-15,17-20H2,1-4H3,(H,40,52)(H,41,47)(H,42,51);3-4,11,16H,2,5-10,12-13H2,1H3,(H,23,29)(H,24,28);2-5,10,13,16H,6-9,11-12H2,1H3,(H,23,28);8-15,17,19,21-23H,4-7H2,1-3H3,(H,20,24);1-3,5H2/t21?,23?,24?,26-,29?,30+,31+,32?,33?,35+;2*16-;8?,9?,10?,11?,12-,13-,14?,15?,17-;/m0001./s1. The number of nitrogens with zero attached hydrogens (tertiary/aromatic N) is 12. The summed E-state index contributed by atoms with van der Waals surface area (Å²) in [5, 5.41) is 85.6. The molecule has 52 heteroatoms. The monoisotopic (exact) mass is 2310 g/mol. The topological polar surface area (TPSA) is 528 Å². The van der Waals surface area contributed by atoms with Gasteiger partial charge in [-0.3, -0.25) is 43.2 Å². The number of alkyl halides is 4. The third-order valence-electron chi connectivity index (χ3n) is 27.3. The Morgan fingerprint density at radius 3 is 1.23 bits per heavy atom. The number of carbonyl (C=O) groups is 11. The Kier molecular flexibility index (Phi) is 49.1. The summed E-state index contributed by atoms with van der Waals surface area (Å²) in [6, 6.07) is 11.9. The molecule has 0 saturated carbocycles. The molecule has 21 atom stereocenters. The van der Waals surface area contributed by atoms with Crippen LogP contribution in [-0.2, 0) is 47.7 Å². The number of ether oxygens (including phenoxy) is 5. The number of likely N-dealkylation sites (tertiary alicyclic amines) is 1. The quantitative estimate of drug-likeness (QED) is 0.0170. The maximum absolute atomic E-state index is 15.3. The minimum Gasteiger partial charge on any atom is -0.442 e. The largest absolute Gasteiger partial charge is 0.442 e. The molecule has 14 rings (SSSR count). The van der Waals surface area contributed by atoms with Crippen molar-refractivity contribution in [1.29, 1.82) is 0 Å². The Morgan fingerprint density at radius 2 is 0.886 bits per heavy atom. The van der Waals surface area contributed by atoms with Crippen LogP contribution >= 0.6 is 78.6 Å². The number of hydrogen-bond acceptors (Lipinski definition) is 31. The van der Waals surface area contributed by atoms with Gasteiger partial charge in [0.2, 0.25) is 29.5 Å². The normalized spacial score (nSPS) is 26.4. The second-order valence-electron chi connectivity index (χ2n) is 38.0. The van der Waals surface area contributed by atoms with Gasteiger partial charge in [0.15, 0.2) is 0 Å². The summed E-state index contributed by atoms with van der Waals surface area (Å²) < 4.78 is 73.9. The molecule has 1 aromatic heterocycles. The van der Waals surface area contributed by atoms with Crippen molar-refractivity contribution in [2.24, 2.45) is 29.4 Å². The molecule has 10 fully saturated rings. The maximum atomic E-state index is 15.3. The lowest BCUT2D eigenvalue weighted by Crippen LogP contribution is -2.65. The molecular weight excluding hydrogens is 2160 g/mol. The molecular formula is C97H146Br2Cl2F3N21O22S2. The number of nitrogens with one attached hydrogen (secondary N) is 8. The van der Waals surface area contributed by atoms with Gasteiger partial charge in [0, 0.05) is 155 Å². The van der Waals surface area contributed by atoms with Crippen molar-refractivity contribution in [2.75, 3.05) is 223 Å². The van der Waals surface area contributed by atoms with E-state index < -0.39 is 137 Å². The van der Waals surface area contributed by atoms with Crippen molar-refractivity contribution in [2.45, 2.75) is 194 Å². The molecule has 10 saturated heterocycles. The van der Waals surface area contributed by atoms with Crippen LogP contribution in [0.25, 0.3) is 0 Å². The van der Waals surface area contributed by atoms with Crippen LogP contribution in [0.2, 0.25) is 0 Å². The number of rotatable bonds is 33. The summed E-state index contributed by atoms with van der Waals surface area (Å²) in [5.41, 5.74) is 6.02. The number of piperidine rings is 2. The van der Waals surface area contributed by atoms with E-state index in [0.29, 0.717) is 164 Å². The van der Waals surface area contributed by atoms with Gasteiger partial charge < -0.3 is 137 Å². The number of amides is 13. The third kappa shape index (κ3) is 34.8. The van der Waals surface area contributed by atoms with Crippen molar-refractivity contribution in [3.05, 3.63) is 90.8 Å². The lowest BCUT2D eigenvalue weighted by atomic mass is 9.86. The SMILES string of the molecule is CC(=O)NC[C@H]1CN(c2ccc(N3CCN(C(=O)NCCCBr)CC3)c(F)c2)C(=O)O1.CC(=O)NC[C@H]1CN(c2ccc(N3CCN(C(=O)n4ccnc4)CC3)c(F)c2)C(=O)O1.CCC1CC(C(=O)NC(C(C)Cl)C2O[C@H](SC)C(O)[C@H](O)[C@H]2O)CN(CCCNC(=O)N2CCN(c3ccc(N4C[C@H](CNC(C)=O)OC4=O)cc3F)CC2)C1.CCC1CNCC(C(=O)NC(C(C)Cl)C2O[C@H](SC)C(O)[C@H](O)[C@H]2O)C1.NCCCBr. The Morgan fingerprint density at radius 1 is 0.503 bits per heavy atom. The molecule has 4 aromatic rings. The van der Waals surface area contributed by atoms with Crippen LogP contribution in [0.4, 0.5) is 76.1 Å². The van der Waals surface area contributed by atoms with Gasteiger partial charge in [0.25, 0.3) is 0 Å². The molecule has 43 nitrogen and oxygen atoms in total. The zero-order valence-corrected chi connectivity index (χ0v) is 91.7. The molecule has 3 aromatic carbocycles. The lowest BCUT2D eigenvalue weighted by molar-refractivity contribution is -0.205. The van der Waals surface area contributed by atoms with Crippen LogP contribution in [0, 0.1) is 41.1 Å². The zero-order valence-electron chi connectivity index (χ0n) is 85.4. The number of piperazine rings is 3. The average Bonchev–Trinajstić information content (AvgIpc) is 1.67. The first-order valence-corrected chi connectivity index (χ1v) is 56.1. The first kappa shape index (κ1) is 122. The van der Waals surface area contributed by atoms with E-state index in [2.05, 4.69) is 98.1 Å². The number of halogens is 7. The predicted molar refractivity (Wildman–Crippen MR) is 568 cm³/mol. The van der Waals surface area contributed by atoms with Gasteiger partial charge in [-0.15, -0.1) is 46.7 Å². The number of anilines is 6. The molecule has 16 N–H and O–H groups in total. The summed E-state index contributed by atoms with van der Waals surface area (Å²) in [4.78, 5) is 155. The van der Waals surface area contributed by atoms with E-state index >= 15 is 4.39 Å². The van der Waals surface area contributed by atoms with Gasteiger partial charge >= 0.3 is 36.4 Å².